The minimum Gasteiger partial charge on any atom is -0.478 e. The minimum absolute atomic E-state index is 0.181. The number of aromatic nitrogens is 5. The molecule has 0 atom stereocenters. The van der Waals surface area contributed by atoms with Crippen LogP contribution in [0.1, 0.15) is 32.0 Å². The van der Waals surface area contributed by atoms with Crippen LogP contribution < -0.4 is 10.9 Å². The molecule has 0 aliphatic heterocycles. The van der Waals surface area contributed by atoms with Crippen LogP contribution in [0.3, 0.4) is 0 Å². The van der Waals surface area contributed by atoms with Crippen molar-refractivity contribution in [3.8, 4) is 5.69 Å². The fourth-order valence-electron chi connectivity index (χ4n) is 4.41. The maximum Gasteiger partial charge on any atom is 0.335 e. The maximum atomic E-state index is 13.0. The lowest BCUT2D eigenvalue weighted by Gasteiger charge is -2.12. The van der Waals surface area contributed by atoms with Crippen molar-refractivity contribution in [2.24, 2.45) is 0 Å². The van der Waals surface area contributed by atoms with Gasteiger partial charge in [-0.2, -0.15) is 0 Å². The lowest BCUT2D eigenvalue weighted by Crippen LogP contribution is -2.23. The molecular formula is C30H22N6O4S. The topological polar surface area (TPSA) is 143 Å². The number of fused-ring (bicyclic) bond motifs is 2. The Kier molecular flexibility index (Phi) is 6.78. The number of hydrogen-bond donors (Lipinski definition) is 3. The summed E-state index contributed by atoms with van der Waals surface area (Å²) in [5, 5.41) is 13.7. The smallest absolute Gasteiger partial charge is 0.335 e. The average Bonchev–Trinajstić information content (AvgIpc) is 3.38. The van der Waals surface area contributed by atoms with E-state index in [1.165, 1.54) is 34.5 Å². The molecule has 0 bridgehead atoms. The second-order valence-electron chi connectivity index (χ2n) is 9.23. The Hall–Kier alpha value is -5.29. The summed E-state index contributed by atoms with van der Waals surface area (Å²) in [6.07, 6.45) is 0. The van der Waals surface area contributed by atoms with Gasteiger partial charge >= 0.3 is 5.97 Å². The van der Waals surface area contributed by atoms with Gasteiger partial charge in [0.1, 0.15) is 0 Å². The van der Waals surface area contributed by atoms with Crippen LogP contribution in [-0.2, 0) is 6.54 Å². The highest BCUT2D eigenvalue weighted by Gasteiger charge is 2.15. The van der Waals surface area contributed by atoms with E-state index >= 15 is 0 Å². The van der Waals surface area contributed by atoms with E-state index in [4.69, 9.17) is 10.1 Å². The molecule has 3 heterocycles. The number of aromatic amines is 1. The Morgan fingerprint density at radius 2 is 1.63 bits per heavy atom. The van der Waals surface area contributed by atoms with Crippen molar-refractivity contribution >= 4 is 45.7 Å². The molecule has 0 spiro atoms. The van der Waals surface area contributed by atoms with Gasteiger partial charge in [-0.1, -0.05) is 24.3 Å². The van der Waals surface area contributed by atoms with Crippen molar-refractivity contribution in [1.29, 1.82) is 0 Å². The predicted molar refractivity (Wildman–Crippen MR) is 155 cm³/mol. The molecule has 0 aliphatic rings. The second kappa shape index (κ2) is 10.7. The first-order chi connectivity index (χ1) is 19.9. The monoisotopic (exact) mass is 562 g/mol. The number of rotatable bonds is 7. The van der Waals surface area contributed by atoms with Crippen LogP contribution >= 0.6 is 11.8 Å². The molecule has 0 unspecified atom stereocenters. The van der Waals surface area contributed by atoms with Gasteiger partial charge in [0.15, 0.2) is 16.0 Å². The van der Waals surface area contributed by atoms with E-state index in [9.17, 15) is 14.4 Å². The van der Waals surface area contributed by atoms with Gasteiger partial charge in [-0.15, -0.1) is 0 Å². The molecule has 0 saturated carbocycles. The fraction of sp³-hybridized carbons (Fsp3) is 0.0667. The molecule has 11 heteroatoms. The van der Waals surface area contributed by atoms with E-state index < -0.39 is 5.97 Å². The Morgan fingerprint density at radius 1 is 0.902 bits per heavy atom. The molecule has 3 N–H and O–H groups in total. The second-order valence-corrected chi connectivity index (χ2v) is 10.2. The van der Waals surface area contributed by atoms with Crippen molar-refractivity contribution in [2.45, 2.75) is 23.8 Å². The molecule has 3 aromatic heterocycles. The highest BCUT2D eigenvalue weighted by Crippen LogP contribution is 2.27. The summed E-state index contributed by atoms with van der Waals surface area (Å²) in [4.78, 5) is 54.0. The highest BCUT2D eigenvalue weighted by molar-refractivity contribution is 7.99. The number of aromatic carboxylic acids is 1. The van der Waals surface area contributed by atoms with Crippen LogP contribution in [0.2, 0.25) is 0 Å². The van der Waals surface area contributed by atoms with E-state index in [2.05, 4.69) is 20.3 Å². The molecule has 3 aromatic carbocycles. The number of H-pyrrole nitrogens is 1. The molecule has 6 aromatic rings. The average molecular weight is 563 g/mol. The minimum atomic E-state index is -1.01. The zero-order valence-electron chi connectivity index (χ0n) is 21.7. The molecule has 0 saturated heterocycles. The maximum absolute atomic E-state index is 13.0. The summed E-state index contributed by atoms with van der Waals surface area (Å²) in [6, 6.07) is 23.9. The van der Waals surface area contributed by atoms with Crippen molar-refractivity contribution < 1.29 is 14.7 Å². The van der Waals surface area contributed by atoms with Gasteiger partial charge in [-0.3, -0.25) is 14.2 Å². The number of pyridine rings is 1. The van der Waals surface area contributed by atoms with Crippen LogP contribution in [0.4, 0.5) is 0 Å². The quantitative estimate of drug-likeness (QED) is 0.237. The van der Waals surface area contributed by atoms with E-state index in [1.54, 1.807) is 42.5 Å². The number of nitrogens with zero attached hydrogens (tertiary/aromatic N) is 4. The number of para-hydroxylation sites is 2. The van der Waals surface area contributed by atoms with Gasteiger partial charge in [0.2, 0.25) is 0 Å². The summed E-state index contributed by atoms with van der Waals surface area (Å²) >= 11 is 1.28. The number of amides is 1. The van der Waals surface area contributed by atoms with Crippen molar-refractivity contribution in [2.75, 3.05) is 0 Å². The molecule has 41 heavy (non-hydrogen) atoms. The molecule has 0 radical (unpaired) electrons. The summed E-state index contributed by atoms with van der Waals surface area (Å²) < 4.78 is 1.50. The summed E-state index contributed by atoms with van der Waals surface area (Å²) in [6.45, 7) is 2.11. The normalized spacial score (nSPS) is 11.1. The van der Waals surface area contributed by atoms with Gasteiger partial charge in [-0.05, 0) is 78.8 Å². The SMILES string of the molecule is Cc1nc(Sc2nc3ccccc3[nH]2)nc2c1ccc(=O)n2-c1ccc(C(=O)NCc2ccc(C(=O)O)cc2)cc1. The van der Waals surface area contributed by atoms with Crippen LogP contribution in [0.15, 0.2) is 100 Å². The molecule has 202 valence electrons. The van der Waals surface area contributed by atoms with Crippen LogP contribution in [-0.4, -0.2) is 41.5 Å². The van der Waals surface area contributed by atoms with E-state index in [0.29, 0.717) is 27.2 Å². The summed E-state index contributed by atoms with van der Waals surface area (Å²) in [7, 11) is 0. The largest absolute Gasteiger partial charge is 0.478 e. The van der Waals surface area contributed by atoms with Crippen molar-refractivity contribution in [1.82, 2.24) is 29.8 Å². The molecule has 6 rings (SSSR count). The third-order valence-electron chi connectivity index (χ3n) is 6.52. The first-order valence-corrected chi connectivity index (χ1v) is 13.4. The van der Waals surface area contributed by atoms with Gasteiger partial charge in [-0.25, -0.2) is 19.7 Å². The number of nitrogens with one attached hydrogen (secondary N) is 2. The Morgan fingerprint density at radius 3 is 2.37 bits per heavy atom. The van der Waals surface area contributed by atoms with Crippen LogP contribution in [0, 0.1) is 6.92 Å². The third kappa shape index (κ3) is 5.30. The summed E-state index contributed by atoms with van der Waals surface area (Å²) in [5.74, 6) is -1.31. The van der Waals surface area contributed by atoms with Crippen LogP contribution in [0.25, 0.3) is 27.8 Å². The van der Waals surface area contributed by atoms with E-state index in [0.717, 1.165) is 27.7 Å². The molecular weight excluding hydrogens is 540 g/mol. The standard InChI is InChI=1S/C30H22N6O4S/c1-17-22-14-15-25(37)36(26(22)35-29(32-17)41-30-33-23-4-2-3-5-24(23)34-30)21-12-10-19(11-13-21)27(38)31-16-18-6-8-20(9-7-18)28(39)40/h2-15H,16H2,1H3,(H,31,38)(H,33,34)(H,39,40). The molecule has 0 fully saturated rings. The first kappa shape index (κ1) is 26.0. The van der Waals surface area contributed by atoms with Gasteiger partial charge in [0, 0.05) is 23.6 Å². The fourth-order valence-corrected chi connectivity index (χ4v) is 5.20. The number of benzene rings is 3. The third-order valence-corrected chi connectivity index (χ3v) is 7.27. The number of carbonyl (C=O) groups is 2. The summed E-state index contributed by atoms with van der Waals surface area (Å²) in [5.41, 5.74) is 4.57. The Bertz CT molecular complexity index is 1970. The zero-order chi connectivity index (χ0) is 28.5. The first-order valence-electron chi connectivity index (χ1n) is 12.6. The van der Waals surface area contributed by atoms with Gasteiger partial charge in [0.05, 0.1) is 28.0 Å². The molecule has 1 amide bonds. The lowest BCUT2D eigenvalue weighted by molar-refractivity contribution is 0.0696. The van der Waals surface area contributed by atoms with Crippen molar-refractivity contribution in [3.05, 3.63) is 118 Å². The van der Waals surface area contributed by atoms with E-state index in [-0.39, 0.29) is 23.6 Å². The number of aryl methyl sites for hydroxylation is 1. The number of carbonyl (C=O) groups excluding carboxylic acids is 1. The Balaban J connectivity index is 1.26. The van der Waals surface area contributed by atoms with Crippen LogP contribution in [0.5, 0.6) is 0 Å². The van der Waals surface area contributed by atoms with Gasteiger partial charge < -0.3 is 15.4 Å². The number of hydrogen-bond acceptors (Lipinski definition) is 7. The lowest BCUT2D eigenvalue weighted by atomic mass is 10.1. The van der Waals surface area contributed by atoms with Gasteiger partial charge in [0.25, 0.3) is 11.5 Å². The number of carboxylic acid groups (broad SMARTS) is 1. The molecule has 0 aliphatic carbocycles. The number of imidazole rings is 1. The van der Waals surface area contributed by atoms with Crippen molar-refractivity contribution in [3.63, 3.8) is 0 Å². The zero-order valence-corrected chi connectivity index (χ0v) is 22.5. The van der Waals surface area contributed by atoms with E-state index in [1.807, 2.05) is 31.2 Å². The molecule has 10 nitrogen and oxygen atoms in total. The number of carboxylic acids is 1. The highest BCUT2D eigenvalue weighted by atomic mass is 32.2. The Labute approximate surface area is 237 Å². The predicted octanol–water partition coefficient (Wildman–Crippen LogP) is 4.74.